The lowest BCUT2D eigenvalue weighted by Gasteiger charge is -2.35. The Kier molecular flexibility index (Phi) is 4.02. The first kappa shape index (κ1) is 12.6. The summed E-state index contributed by atoms with van der Waals surface area (Å²) in [5.74, 6) is 0.854. The molecule has 1 N–H and O–H groups in total. The first-order valence-electron chi connectivity index (χ1n) is 7.32. The molecular formula is C15H24N2S. The zero-order valence-corrected chi connectivity index (χ0v) is 12.1. The van der Waals surface area contributed by atoms with E-state index in [4.69, 9.17) is 0 Å². The summed E-state index contributed by atoms with van der Waals surface area (Å²) in [5.41, 5.74) is 1.62. The maximum absolute atomic E-state index is 3.53. The van der Waals surface area contributed by atoms with E-state index in [0.717, 1.165) is 5.92 Å². The second kappa shape index (κ2) is 5.72. The van der Waals surface area contributed by atoms with Gasteiger partial charge in [0.2, 0.25) is 0 Å². The minimum absolute atomic E-state index is 0.682. The molecule has 1 saturated heterocycles. The fourth-order valence-electron chi connectivity index (χ4n) is 3.53. The molecule has 18 heavy (non-hydrogen) atoms. The van der Waals surface area contributed by atoms with Gasteiger partial charge in [-0.05, 0) is 75.2 Å². The van der Waals surface area contributed by atoms with Crippen molar-refractivity contribution in [1.82, 2.24) is 10.2 Å². The number of hydrogen-bond acceptors (Lipinski definition) is 3. The second-order valence-electron chi connectivity index (χ2n) is 5.86. The van der Waals surface area contributed by atoms with Crippen LogP contribution < -0.4 is 5.32 Å². The van der Waals surface area contributed by atoms with E-state index in [0.29, 0.717) is 6.04 Å². The first-order chi connectivity index (χ1) is 8.84. The lowest BCUT2D eigenvalue weighted by molar-refractivity contribution is 0.175. The molecular weight excluding hydrogens is 240 g/mol. The Labute approximate surface area is 114 Å². The maximum Gasteiger partial charge on any atom is 0.0356 e. The Morgan fingerprint density at radius 1 is 1.39 bits per heavy atom. The molecule has 2 heterocycles. The van der Waals surface area contributed by atoms with Crippen LogP contribution in [-0.4, -0.2) is 31.6 Å². The van der Waals surface area contributed by atoms with E-state index in [1.54, 1.807) is 10.4 Å². The highest BCUT2D eigenvalue weighted by Crippen LogP contribution is 2.36. The van der Waals surface area contributed by atoms with Crippen LogP contribution >= 0.6 is 11.3 Å². The smallest absolute Gasteiger partial charge is 0.0356 e. The van der Waals surface area contributed by atoms with Crippen molar-refractivity contribution in [2.24, 2.45) is 5.92 Å². The van der Waals surface area contributed by atoms with E-state index >= 15 is 0 Å². The van der Waals surface area contributed by atoms with Crippen LogP contribution in [-0.2, 0) is 6.42 Å². The Hall–Kier alpha value is -0.380. The lowest BCUT2D eigenvalue weighted by atomic mass is 9.91. The van der Waals surface area contributed by atoms with Crippen LogP contribution in [0.4, 0.5) is 0 Å². The van der Waals surface area contributed by atoms with Crippen LogP contribution in [0.25, 0.3) is 0 Å². The van der Waals surface area contributed by atoms with E-state index < -0.39 is 0 Å². The van der Waals surface area contributed by atoms with E-state index in [1.165, 1.54) is 51.7 Å². The molecule has 3 heteroatoms. The molecule has 100 valence electrons. The molecule has 0 aromatic carbocycles. The fourth-order valence-corrected chi connectivity index (χ4v) is 4.52. The van der Waals surface area contributed by atoms with Gasteiger partial charge >= 0.3 is 0 Å². The highest BCUT2D eigenvalue weighted by Gasteiger charge is 2.26. The van der Waals surface area contributed by atoms with Crippen molar-refractivity contribution in [3.8, 4) is 0 Å². The average molecular weight is 264 g/mol. The molecule has 2 atom stereocenters. The number of nitrogens with zero attached hydrogens (tertiary/aromatic N) is 1. The molecule has 3 rings (SSSR count). The maximum atomic E-state index is 3.53. The minimum Gasteiger partial charge on any atom is -0.316 e. The number of hydrogen-bond donors (Lipinski definition) is 1. The summed E-state index contributed by atoms with van der Waals surface area (Å²) in [6, 6.07) is 3.04. The van der Waals surface area contributed by atoms with Crippen LogP contribution in [0.5, 0.6) is 0 Å². The minimum atomic E-state index is 0.682. The molecule has 1 aliphatic carbocycles. The van der Waals surface area contributed by atoms with Gasteiger partial charge in [0.15, 0.2) is 0 Å². The van der Waals surface area contributed by atoms with Crippen LogP contribution in [0.3, 0.4) is 0 Å². The molecule has 0 bridgehead atoms. The second-order valence-corrected chi connectivity index (χ2v) is 6.86. The van der Waals surface area contributed by atoms with E-state index in [1.807, 2.05) is 11.3 Å². The largest absolute Gasteiger partial charge is 0.316 e. The highest BCUT2D eigenvalue weighted by molar-refractivity contribution is 7.10. The summed E-state index contributed by atoms with van der Waals surface area (Å²) in [6.45, 7) is 3.69. The van der Waals surface area contributed by atoms with Crippen molar-refractivity contribution in [3.63, 3.8) is 0 Å². The lowest BCUT2D eigenvalue weighted by Crippen LogP contribution is -2.38. The van der Waals surface area contributed by atoms with Gasteiger partial charge in [-0.25, -0.2) is 0 Å². The van der Waals surface area contributed by atoms with Gasteiger partial charge in [0, 0.05) is 17.5 Å². The molecule has 1 fully saturated rings. The predicted molar refractivity (Wildman–Crippen MR) is 78.2 cm³/mol. The zero-order valence-electron chi connectivity index (χ0n) is 11.3. The van der Waals surface area contributed by atoms with Gasteiger partial charge in [-0.15, -0.1) is 11.3 Å². The molecule has 1 aliphatic heterocycles. The molecule has 1 aromatic heterocycles. The van der Waals surface area contributed by atoms with Gasteiger partial charge in [-0.1, -0.05) is 0 Å². The summed E-state index contributed by atoms with van der Waals surface area (Å²) < 4.78 is 0. The van der Waals surface area contributed by atoms with Gasteiger partial charge in [0.25, 0.3) is 0 Å². The fraction of sp³-hybridized carbons (Fsp3) is 0.733. The van der Waals surface area contributed by atoms with Crippen LogP contribution in [0.2, 0.25) is 0 Å². The third kappa shape index (κ3) is 2.63. The van der Waals surface area contributed by atoms with Gasteiger partial charge in [-0.2, -0.15) is 0 Å². The van der Waals surface area contributed by atoms with Gasteiger partial charge in [0.05, 0.1) is 0 Å². The van der Waals surface area contributed by atoms with Crippen LogP contribution in [0, 0.1) is 5.92 Å². The number of nitrogens with one attached hydrogen (secondary N) is 1. The summed E-state index contributed by atoms with van der Waals surface area (Å²) in [4.78, 5) is 4.25. The number of thiophene rings is 1. The van der Waals surface area contributed by atoms with Crippen LogP contribution in [0.1, 0.15) is 42.2 Å². The Morgan fingerprint density at radius 2 is 2.33 bits per heavy atom. The monoisotopic (exact) mass is 264 g/mol. The Morgan fingerprint density at radius 3 is 3.17 bits per heavy atom. The van der Waals surface area contributed by atoms with Crippen molar-refractivity contribution in [2.75, 3.05) is 26.7 Å². The van der Waals surface area contributed by atoms with Gasteiger partial charge < -0.3 is 5.32 Å². The number of piperidine rings is 1. The van der Waals surface area contributed by atoms with Crippen molar-refractivity contribution in [1.29, 1.82) is 0 Å². The van der Waals surface area contributed by atoms with E-state index in [-0.39, 0.29) is 0 Å². The molecule has 0 amide bonds. The van der Waals surface area contributed by atoms with Gasteiger partial charge in [-0.3, -0.25) is 4.90 Å². The molecule has 2 nitrogen and oxygen atoms in total. The summed E-state index contributed by atoms with van der Waals surface area (Å²) >= 11 is 1.95. The van der Waals surface area contributed by atoms with Crippen LogP contribution in [0.15, 0.2) is 11.4 Å². The third-order valence-electron chi connectivity index (χ3n) is 4.50. The number of aryl methyl sites for hydroxylation is 1. The Balaban J connectivity index is 1.64. The van der Waals surface area contributed by atoms with Crippen molar-refractivity contribution in [2.45, 2.75) is 38.1 Å². The SMILES string of the molecule is CN(CC1CCCNC1)C1CCCc2sccc21. The standard InChI is InChI=1S/C15H24N2S/c1-17(11-12-4-3-8-16-10-12)14-5-2-6-15-13(14)7-9-18-15/h7,9,12,14,16H,2-6,8,10-11H2,1H3. The van der Waals surface area contributed by atoms with Crippen molar-refractivity contribution in [3.05, 3.63) is 21.9 Å². The van der Waals surface area contributed by atoms with E-state index in [2.05, 4.69) is 28.7 Å². The van der Waals surface area contributed by atoms with Crippen molar-refractivity contribution >= 4 is 11.3 Å². The molecule has 2 unspecified atom stereocenters. The molecule has 0 saturated carbocycles. The summed E-state index contributed by atoms with van der Waals surface area (Å²) in [7, 11) is 2.33. The summed E-state index contributed by atoms with van der Waals surface area (Å²) in [6.07, 6.45) is 6.78. The first-order valence-corrected chi connectivity index (χ1v) is 8.20. The highest BCUT2D eigenvalue weighted by atomic mass is 32.1. The van der Waals surface area contributed by atoms with E-state index in [9.17, 15) is 0 Å². The zero-order chi connectivity index (χ0) is 12.4. The molecule has 0 spiro atoms. The average Bonchev–Trinajstić information content (AvgIpc) is 2.87. The van der Waals surface area contributed by atoms with Crippen molar-refractivity contribution < 1.29 is 0 Å². The quantitative estimate of drug-likeness (QED) is 0.902. The summed E-state index contributed by atoms with van der Waals surface area (Å²) in [5, 5.41) is 5.81. The molecule has 0 radical (unpaired) electrons. The third-order valence-corrected chi connectivity index (χ3v) is 5.49. The number of fused-ring (bicyclic) bond motifs is 1. The molecule has 1 aromatic rings. The number of rotatable bonds is 3. The Bertz CT molecular complexity index is 382. The normalized spacial score (nSPS) is 28.3. The predicted octanol–water partition coefficient (Wildman–Crippen LogP) is 3.06. The van der Waals surface area contributed by atoms with Gasteiger partial charge in [0.1, 0.15) is 0 Å². The topological polar surface area (TPSA) is 15.3 Å². The molecule has 2 aliphatic rings.